The van der Waals surface area contributed by atoms with Crippen LogP contribution in [0.5, 0.6) is 0 Å². The number of anilines is 1. The Labute approximate surface area is 140 Å². The van der Waals surface area contributed by atoms with Gasteiger partial charge in [0, 0.05) is 25.3 Å². The predicted octanol–water partition coefficient (Wildman–Crippen LogP) is 4.85. The Bertz CT molecular complexity index is 520. The molecule has 0 N–H and O–H groups in total. The predicted molar refractivity (Wildman–Crippen MR) is 95.9 cm³/mol. The molecule has 1 aromatic carbocycles. The van der Waals surface area contributed by atoms with E-state index in [0.717, 1.165) is 44.1 Å². The molecule has 1 fully saturated rings. The first-order valence-corrected chi connectivity index (χ1v) is 9.44. The second kappa shape index (κ2) is 7.85. The van der Waals surface area contributed by atoms with Gasteiger partial charge in [0.2, 0.25) is 0 Å². The van der Waals surface area contributed by atoms with E-state index in [1.54, 1.807) is 0 Å². The lowest BCUT2D eigenvalue weighted by atomic mass is 9.92. The largest absolute Gasteiger partial charge is 0.324 e. The van der Waals surface area contributed by atoms with E-state index < -0.39 is 0 Å². The molecule has 2 amide bonds. The van der Waals surface area contributed by atoms with Gasteiger partial charge in [-0.15, -0.1) is 0 Å². The number of benzene rings is 1. The molecule has 2 aliphatic heterocycles. The zero-order valence-electron chi connectivity index (χ0n) is 14.5. The molecular weight excluding hydrogens is 284 g/mol. The maximum atomic E-state index is 13.0. The van der Waals surface area contributed by atoms with Gasteiger partial charge in [0.1, 0.15) is 0 Å². The number of fused-ring (bicyclic) bond motifs is 1. The maximum Gasteiger partial charge on any atom is 0.324 e. The van der Waals surface area contributed by atoms with Gasteiger partial charge >= 0.3 is 6.03 Å². The maximum absolute atomic E-state index is 13.0. The van der Waals surface area contributed by atoms with Gasteiger partial charge in [-0.1, -0.05) is 44.4 Å². The van der Waals surface area contributed by atoms with E-state index in [1.165, 1.54) is 44.1 Å². The minimum atomic E-state index is 0.230. The van der Waals surface area contributed by atoms with Crippen LogP contribution >= 0.6 is 0 Å². The van der Waals surface area contributed by atoms with Gasteiger partial charge in [0.15, 0.2) is 0 Å². The van der Waals surface area contributed by atoms with Crippen molar-refractivity contribution in [2.24, 2.45) is 5.92 Å². The summed E-state index contributed by atoms with van der Waals surface area (Å²) in [4.78, 5) is 17.2. The van der Waals surface area contributed by atoms with Crippen molar-refractivity contribution in [1.29, 1.82) is 0 Å². The smallest absolute Gasteiger partial charge is 0.324 e. The highest BCUT2D eigenvalue weighted by atomic mass is 16.2. The summed E-state index contributed by atoms with van der Waals surface area (Å²) in [5.41, 5.74) is 2.47. The summed E-state index contributed by atoms with van der Waals surface area (Å²) in [5.74, 6) is 0.829. The molecule has 126 valence electrons. The number of urea groups is 1. The molecule has 2 heterocycles. The molecule has 0 aliphatic carbocycles. The van der Waals surface area contributed by atoms with Crippen molar-refractivity contribution in [2.75, 3.05) is 24.5 Å². The number of piperidine rings is 1. The number of nitrogens with zero attached hydrogens (tertiary/aromatic N) is 2. The molecule has 3 heteroatoms. The van der Waals surface area contributed by atoms with Crippen LogP contribution in [0.3, 0.4) is 0 Å². The van der Waals surface area contributed by atoms with E-state index in [1.807, 2.05) is 4.90 Å². The Kier molecular flexibility index (Phi) is 5.58. The van der Waals surface area contributed by atoms with E-state index in [9.17, 15) is 4.79 Å². The third kappa shape index (κ3) is 3.88. The van der Waals surface area contributed by atoms with Crippen LogP contribution in [0.1, 0.15) is 57.4 Å². The highest BCUT2D eigenvalue weighted by Gasteiger charge is 2.28. The number of hydrogen-bond donors (Lipinski definition) is 0. The van der Waals surface area contributed by atoms with E-state index in [-0.39, 0.29) is 6.03 Å². The van der Waals surface area contributed by atoms with Crippen LogP contribution in [0.25, 0.3) is 0 Å². The minimum absolute atomic E-state index is 0.230. The lowest BCUT2D eigenvalue weighted by molar-refractivity contribution is 0.173. The van der Waals surface area contributed by atoms with Crippen LogP contribution in [0, 0.1) is 5.92 Å². The Hall–Kier alpha value is -1.51. The first-order chi connectivity index (χ1) is 11.3. The Morgan fingerprint density at radius 1 is 1.13 bits per heavy atom. The summed E-state index contributed by atoms with van der Waals surface area (Å²) in [6.07, 6.45) is 9.70. The number of aryl methyl sites for hydroxylation is 1. The third-order valence-electron chi connectivity index (χ3n) is 5.44. The SMILES string of the molecule is CCCCC1CCN(C(=O)N2CCCCc3ccccc32)CC1. The highest BCUT2D eigenvalue weighted by molar-refractivity contribution is 5.93. The number of amides is 2. The normalized spacial score (nSPS) is 19.3. The fourth-order valence-corrected chi connectivity index (χ4v) is 3.97. The number of hydrogen-bond acceptors (Lipinski definition) is 1. The third-order valence-corrected chi connectivity index (χ3v) is 5.44. The molecule has 0 unspecified atom stereocenters. The summed E-state index contributed by atoms with van der Waals surface area (Å²) in [7, 11) is 0. The number of rotatable bonds is 3. The Balaban J connectivity index is 1.65. The van der Waals surface area contributed by atoms with Crippen LogP contribution in [0.4, 0.5) is 10.5 Å². The summed E-state index contributed by atoms with van der Waals surface area (Å²) >= 11 is 0. The molecule has 1 aromatic rings. The quantitative estimate of drug-likeness (QED) is 0.782. The zero-order chi connectivity index (χ0) is 16.1. The van der Waals surface area contributed by atoms with Crippen LogP contribution < -0.4 is 4.90 Å². The molecule has 1 saturated heterocycles. The summed E-state index contributed by atoms with van der Waals surface area (Å²) in [5, 5.41) is 0. The summed E-state index contributed by atoms with van der Waals surface area (Å²) < 4.78 is 0. The first-order valence-electron chi connectivity index (χ1n) is 9.44. The first kappa shape index (κ1) is 16.4. The van der Waals surface area contributed by atoms with Crippen LogP contribution in [0.15, 0.2) is 24.3 Å². The van der Waals surface area contributed by atoms with Crippen molar-refractivity contribution in [3.8, 4) is 0 Å². The standard InChI is InChI=1S/C20H30N2O/c1-2-3-8-17-12-15-21(16-13-17)20(23)22-14-7-6-10-18-9-4-5-11-19(18)22/h4-5,9,11,17H,2-3,6-8,10,12-16H2,1H3. The zero-order valence-corrected chi connectivity index (χ0v) is 14.5. The van der Waals surface area contributed by atoms with Crippen molar-refractivity contribution in [3.05, 3.63) is 29.8 Å². The number of carbonyl (C=O) groups is 1. The summed E-state index contributed by atoms with van der Waals surface area (Å²) in [6, 6.07) is 8.67. The molecule has 0 atom stereocenters. The molecule has 3 nitrogen and oxygen atoms in total. The lowest BCUT2D eigenvalue weighted by Gasteiger charge is -2.36. The Morgan fingerprint density at radius 3 is 2.70 bits per heavy atom. The monoisotopic (exact) mass is 314 g/mol. The molecule has 0 radical (unpaired) electrons. The lowest BCUT2D eigenvalue weighted by Crippen LogP contribution is -2.47. The molecule has 0 saturated carbocycles. The summed E-state index contributed by atoms with van der Waals surface area (Å²) in [6.45, 7) is 5.00. The van der Waals surface area contributed by atoms with Crippen molar-refractivity contribution in [2.45, 2.75) is 58.3 Å². The molecule has 0 spiro atoms. The van der Waals surface area contributed by atoms with Gasteiger partial charge < -0.3 is 4.90 Å². The van der Waals surface area contributed by atoms with Gasteiger partial charge in [0.05, 0.1) is 0 Å². The molecule has 3 rings (SSSR count). The average molecular weight is 314 g/mol. The highest BCUT2D eigenvalue weighted by Crippen LogP contribution is 2.29. The van der Waals surface area contributed by atoms with Gasteiger partial charge in [-0.05, 0) is 49.7 Å². The second-order valence-electron chi connectivity index (χ2n) is 7.09. The Morgan fingerprint density at radius 2 is 1.91 bits per heavy atom. The van der Waals surface area contributed by atoms with Crippen molar-refractivity contribution >= 4 is 11.7 Å². The van der Waals surface area contributed by atoms with Crippen molar-refractivity contribution < 1.29 is 4.79 Å². The molecular formula is C20H30N2O. The number of likely N-dealkylation sites (tertiary alicyclic amines) is 1. The average Bonchev–Trinajstić information content (AvgIpc) is 2.82. The van der Waals surface area contributed by atoms with Gasteiger partial charge in [-0.3, -0.25) is 4.90 Å². The van der Waals surface area contributed by atoms with E-state index in [4.69, 9.17) is 0 Å². The molecule has 0 bridgehead atoms. The van der Waals surface area contributed by atoms with Crippen molar-refractivity contribution in [1.82, 2.24) is 4.90 Å². The fourth-order valence-electron chi connectivity index (χ4n) is 3.97. The van der Waals surface area contributed by atoms with E-state index >= 15 is 0 Å². The van der Waals surface area contributed by atoms with Crippen LogP contribution in [0.2, 0.25) is 0 Å². The number of unbranched alkanes of at least 4 members (excludes halogenated alkanes) is 1. The van der Waals surface area contributed by atoms with E-state index in [0.29, 0.717) is 0 Å². The van der Waals surface area contributed by atoms with Crippen LogP contribution in [-0.4, -0.2) is 30.6 Å². The van der Waals surface area contributed by atoms with Gasteiger partial charge in [-0.25, -0.2) is 4.79 Å². The molecule has 2 aliphatic rings. The molecule has 0 aromatic heterocycles. The van der Waals surface area contributed by atoms with Crippen molar-refractivity contribution in [3.63, 3.8) is 0 Å². The number of carbonyl (C=O) groups excluding carboxylic acids is 1. The fraction of sp³-hybridized carbons (Fsp3) is 0.650. The van der Waals surface area contributed by atoms with Crippen LogP contribution in [-0.2, 0) is 6.42 Å². The minimum Gasteiger partial charge on any atom is -0.324 e. The molecule has 23 heavy (non-hydrogen) atoms. The number of para-hydroxylation sites is 1. The van der Waals surface area contributed by atoms with E-state index in [2.05, 4.69) is 36.1 Å². The van der Waals surface area contributed by atoms with Gasteiger partial charge in [-0.2, -0.15) is 0 Å². The van der Waals surface area contributed by atoms with Gasteiger partial charge in [0.25, 0.3) is 0 Å². The second-order valence-corrected chi connectivity index (χ2v) is 7.09. The topological polar surface area (TPSA) is 23.6 Å².